The van der Waals surface area contributed by atoms with E-state index in [9.17, 15) is 14.9 Å². The van der Waals surface area contributed by atoms with Crippen LogP contribution >= 0.6 is 0 Å². The second-order valence-corrected chi connectivity index (χ2v) is 5.27. The number of nitro benzene ring substituents is 1. The van der Waals surface area contributed by atoms with Crippen molar-refractivity contribution in [2.24, 2.45) is 5.92 Å². The fourth-order valence-electron chi connectivity index (χ4n) is 1.94. The van der Waals surface area contributed by atoms with Crippen LogP contribution in [0.15, 0.2) is 24.3 Å². The zero-order valence-electron chi connectivity index (χ0n) is 12.6. The molecule has 0 aliphatic rings. The first-order chi connectivity index (χ1) is 9.73. The van der Waals surface area contributed by atoms with E-state index in [1.165, 1.54) is 18.2 Å². The summed E-state index contributed by atoms with van der Waals surface area (Å²) in [5, 5.41) is 19.6. The Labute approximate surface area is 123 Å². The van der Waals surface area contributed by atoms with Crippen LogP contribution in [0.4, 0.5) is 11.4 Å². The minimum absolute atomic E-state index is 0.0608. The summed E-state index contributed by atoms with van der Waals surface area (Å²) in [7, 11) is 1.89. The number of hydrogen-bond donors (Lipinski definition) is 1. The van der Waals surface area contributed by atoms with E-state index in [0.29, 0.717) is 11.5 Å². The van der Waals surface area contributed by atoms with Gasteiger partial charge in [0.1, 0.15) is 0 Å². The molecule has 1 N–H and O–H groups in total. The number of carboxylic acid groups (broad SMARTS) is 1. The molecule has 1 aromatic carbocycles. The van der Waals surface area contributed by atoms with Crippen LogP contribution in [0.2, 0.25) is 0 Å². The number of nitro groups is 1. The van der Waals surface area contributed by atoms with E-state index >= 15 is 0 Å². The second kappa shape index (κ2) is 6.88. The van der Waals surface area contributed by atoms with Gasteiger partial charge in [-0.2, -0.15) is 0 Å². The summed E-state index contributed by atoms with van der Waals surface area (Å²) < 4.78 is 0. The molecular formula is C15H20N2O4. The maximum atomic E-state index is 10.9. The minimum Gasteiger partial charge on any atom is -0.478 e. The quantitative estimate of drug-likeness (QED) is 0.494. The van der Waals surface area contributed by atoms with Crippen LogP contribution in [0, 0.1) is 16.0 Å². The average Bonchev–Trinajstić information content (AvgIpc) is 2.42. The lowest BCUT2D eigenvalue weighted by molar-refractivity contribution is -0.384. The molecule has 1 rings (SSSR count). The number of rotatable bonds is 6. The van der Waals surface area contributed by atoms with Crippen molar-refractivity contribution >= 4 is 23.4 Å². The first kappa shape index (κ1) is 16.7. The lowest BCUT2D eigenvalue weighted by atomic mass is 10.0. The summed E-state index contributed by atoms with van der Waals surface area (Å²) in [6, 6.07) is 4.68. The highest BCUT2D eigenvalue weighted by molar-refractivity contribution is 5.87. The van der Waals surface area contributed by atoms with E-state index in [4.69, 9.17) is 5.11 Å². The van der Waals surface area contributed by atoms with Crippen LogP contribution in [-0.2, 0) is 4.79 Å². The molecular weight excluding hydrogens is 272 g/mol. The van der Waals surface area contributed by atoms with E-state index < -0.39 is 10.9 Å². The van der Waals surface area contributed by atoms with Gasteiger partial charge in [-0.05, 0) is 25.0 Å². The van der Waals surface area contributed by atoms with Crippen LogP contribution in [-0.4, -0.2) is 29.1 Å². The average molecular weight is 292 g/mol. The summed E-state index contributed by atoms with van der Waals surface area (Å²) in [6.07, 6.45) is 2.37. The zero-order valence-corrected chi connectivity index (χ0v) is 12.6. The standard InChI is InChI=1S/C15H20N2O4/c1-10(2)11(3)16(4)14-7-6-13(17(20)21)9-12(14)5-8-15(18)19/h5-11H,1-4H3,(H,18,19)/b8-5+. The Bertz CT molecular complexity index is 567. The molecule has 21 heavy (non-hydrogen) atoms. The normalized spacial score (nSPS) is 12.6. The molecule has 1 atom stereocenters. The number of carbonyl (C=O) groups is 1. The topological polar surface area (TPSA) is 83.7 Å². The Hall–Kier alpha value is -2.37. The first-order valence-electron chi connectivity index (χ1n) is 6.66. The predicted molar refractivity (Wildman–Crippen MR) is 82.5 cm³/mol. The predicted octanol–water partition coefficient (Wildman–Crippen LogP) is 3.17. The molecule has 114 valence electrons. The van der Waals surface area contributed by atoms with Gasteiger partial charge in [0, 0.05) is 42.5 Å². The van der Waals surface area contributed by atoms with Crippen molar-refractivity contribution < 1.29 is 14.8 Å². The van der Waals surface area contributed by atoms with Gasteiger partial charge in [0.05, 0.1) is 4.92 Å². The van der Waals surface area contributed by atoms with Gasteiger partial charge in [-0.15, -0.1) is 0 Å². The highest BCUT2D eigenvalue weighted by atomic mass is 16.6. The fourth-order valence-corrected chi connectivity index (χ4v) is 1.94. The molecule has 0 saturated carbocycles. The second-order valence-electron chi connectivity index (χ2n) is 5.27. The Morgan fingerprint density at radius 1 is 1.38 bits per heavy atom. The number of benzene rings is 1. The molecule has 0 aliphatic heterocycles. The molecule has 6 nitrogen and oxygen atoms in total. The Balaban J connectivity index is 3.29. The van der Waals surface area contributed by atoms with Crippen molar-refractivity contribution in [2.75, 3.05) is 11.9 Å². The summed E-state index contributed by atoms with van der Waals surface area (Å²) in [6.45, 7) is 6.22. The molecule has 0 spiro atoms. The zero-order chi connectivity index (χ0) is 16.2. The summed E-state index contributed by atoms with van der Waals surface area (Å²) in [4.78, 5) is 23.1. The van der Waals surface area contributed by atoms with E-state index in [0.717, 1.165) is 11.8 Å². The molecule has 0 saturated heterocycles. The molecule has 0 aliphatic carbocycles. The van der Waals surface area contributed by atoms with Crippen LogP contribution in [0.1, 0.15) is 26.3 Å². The third-order valence-corrected chi connectivity index (χ3v) is 3.58. The Kier molecular flexibility index (Phi) is 5.46. The number of non-ortho nitro benzene ring substituents is 1. The van der Waals surface area contributed by atoms with Gasteiger partial charge in [-0.25, -0.2) is 4.79 Å². The Morgan fingerprint density at radius 2 is 2.00 bits per heavy atom. The van der Waals surface area contributed by atoms with Gasteiger partial charge in [0.25, 0.3) is 5.69 Å². The van der Waals surface area contributed by atoms with Gasteiger partial charge in [0.2, 0.25) is 0 Å². The summed E-state index contributed by atoms with van der Waals surface area (Å²) in [5.74, 6) is -0.700. The molecule has 0 aromatic heterocycles. The maximum Gasteiger partial charge on any atom is 0.328 e. The number of anilines is 1. The Morgan fingerprint density at radius 3 is 2.48 bits per heavy atom. The maximum absolute atomic E-state index is 10.9. The first-order valence-corrected chi connectivity index (χ1v) is 6.66. The van der Waals surface area contributed by atoms with E-state index in [1.807, 2.05) is 11.9 Å². The van der Waals surface area contributed by atoms with Crippen molar-refractivity contribution in [3.8, 4) is 0 Å². The monoisotopic (exact) mass is 292 g/mol. The molecule has 0 fully saturated rings. The lowest BCUT2D eigenvalue weighted by Gasteiger charge is -2.31. The van der Waals surface area contributed by atoms with Gasteiger partial charge < -0.3 is 10.0 Å². The van der Waals surface area contributed by atoms with Gasteiger partial charge in [-0.3, -0.25) is 10.1 Å². The molecule has 0 bridgehead atoms. The third kappa shape index (κ3) is 4.30. The van der Waals surface area contributed by atoms with Crippen molar-refractivity contribution in [1.82, 2.24) is 0 Å². The van der Waals surface area contributed by atoms with Crippen LogP contribution in [0.5, 0.6) is 0 Å². The molecule has 0 radical (unpaired) electrons. The number of nitrogens with zero attached hydrogens (tertiary/aromatic N) is 2. The third-order valence-electron chi connectivity index (χ3n) is 3.58. The largest absolute Gasteiger partial charge is 0.478 e. The number of carboxylic acids is 1. The van der Waals surface area contributed by atoms with E-state index in [1.54, 1.807) is 6.07 Å². The fraction of sp³-hybridized carbons (Fsp3) is 0.400. The van der Waals surface area contributed by atoms with Crippen molar-refractivity contribution in [3.63, 3.8) is 0 Å². The van der Waals surface area contributed by atoms with Gasteiger partial charge in [0.15, 0.2) is 0 Å². The highest BCUT2D eigenvalue weighted by Gasteiger charge is 2.18. The molecule has 1 unspecified atom stereocenters. The SMILES string of the molecule is CC(C)C(C)N(C)c1ccc([N+](=O)[O-])cc1/C=C/C(=O)O. The highest BCUT2D eigenvalue weighted by Crippen LogP contribution is 2.28. The number of aliphatic carboxylic acids is 1. The van der Waals surface area contributed by atoms with Crippen molar-refractivity contribution in [2.45, 2.75) is 26.8 Å². The van der Waals surface area contributed by atoms with Crippen molar-refractivity contribution in [3.05, 3.63) is 40.0 Å². The van der Waals surface area contributed by atoms with E-state index in [-0.39, 0.29) is 11.7 Å². The lowest BCUT2D eigenvalue weighted by Crippen LogP contribution is -2.33. The molecule has 1 aromatic rings. The number of hydrogen-bond acceptors (Lipinski definition) is 4. The van der Waals surface area contributed by atoms with Gasteiger partial charge in [-0.1, -0.05) is 13.8 Å². The van der Waals surface area contributed by atoms with Crippen LogP contribution < -0.4 is 4.90 Å². The van der Waals surface area contributed by atoms with Crippen molar-refractivity contribution in [1.29, 1.82) is 0 Å². The minimum atomic E-state index is -1.09. The van der Waals surface area contributed by atoms with E-state index in [2.05, 4.69) is 20.8 Å². The summed E-state index contributed by atoms with van der Waals surface area (Å²) >= 11 is 0. The van der Waals surface area contributed by atoms with Crippen LogP contribution in [0.25, 0.3) is 6.08 Å². The summed E-state index contributed by atoms with van der Waals surface area (Å²) in [5.41, 5.74) is 1.22. The molecule has 0 amide bonds. The van der Waals surface area contributed by atoms with Crippen LogP contribution in [0.3, 0.4) is 0 Å². The van der Waals surface area contributed by atoms with Gasteiger partial charge >= 0.3 is 5.97 Å². The smallest absolute Gasteiger partial charge is 0.328 e. The molecule has 0 heterocycles. The molecule has 6 heteroatoms.